The van der Waals surface area contributed by atoms with Crippen molar-refractivity contribution in [1.82, 2.24) is 9.38 Å². The maximum atomic E-state index is 11.6. The largest absolute Gasteiger partial charge is 0.481 e. The number of carboxylic acids is 1. The molecule has 5 nitrogen and oxygen atoms in total. The molecule has 0 aromatic carbocycles. The summed E-state index contributed by atoms with van der Waals surface area (Å²) in [4.78, 5) is 26.3. The molecule has 0 aliphatic heterocycles. The maximum Gasteiger partial charge on any atom is 0.309 e. The van der Waals surface area contributed by atoms with Crippen molar-refractivity contribution in [2.45, 2.75) is 6.42 Å². The molecule has 0 atom stereocenters. The molecule has 0 fully saturated rings. The number of carbonyl (C=O) groups is 1. The molecule has 0 unspecified atom stereocenters. The van der Waals surface area contributed by atoms with Crippen molar-refractivity contribution in [3.63, 3.8) is 0 Å². The minimum atomic E-state index is -1.01. The van der Waals surface area contributed by atoms with Crippen LogP contribution in [0.15, 0.2) is 33.7 Å². The molecule has 0 aliphatic rings. The first-order chi connectivity index (χ1) is 7.58. The van der Waals surface area contributed by atoms with Crippen LogP contribution >= 0.6 is 15.9 Å². The SMILES string of the molecule is O=C(O)Cc1cc(=O)n2cccc(Br)c2n1. The third-order valence-electron chi connectivity index (χ3n) is 2.03. The van der Waals surface area contributed by atoms with Crippen molar-refractivity contribution in [1.29, 1.82) is 0 Å². The monoisotopic (exact) mass is 282 g/mol. The van der Waals surface area contributed by atoms with E-state index in [4.69, 9.17) is 5.11 Å². The summed E-state index contributed by atoms with van der Waals surface area (Å²) < 4.78 is 2.01. The molecule has 0 saturated carbocycles. The number of fused-ring (bicyclic) bond motifs is 1. The van der Waals surface area contributed by atoms with Gasteiger partial charge in [-0.2, -0.15) is 0 Å². The highest BCUT2D eigenvalue weighted by molar-refractivity contribution is 9.10. The lowest BCUT2D eigenvalue weighted by Crippen LogP contribution is -2.17. The molecule has 0 aliphatic carbocycles. The highest BCUT2D eigenvalue weighted by Crippen LogP contribution is 2.14. The lowest BCUT2D eigenvalue weighted by Gasteiger charge is -2.03. The Hall–Kier alpha value is -1.69. The van der Waals surface area contributed by atoms with Gasteiger partial charge in [-0.25, -0.2) is 4.98 Å². The average Bonchev–Trinajstić information content (AvgIpc) is 2.19. The quantitative estimate of drug-likeness (QED) is 0.895. The Morgan fingerprint density at radius 3 is 3.00 bits per heavy atom. The van der Waals surface area contributed by atoms with E-state index < -0.39 is 5.97 Å². The van der Waals surface area contributed by atoms with Crippen molar-refractivity contribution in [2.75, 3.05) is 0 Å². The topological polar surface area (TPSA) is 71.7 Å². The van der Waals surface area contributed by atoms with Crippen LogP contribution < -0.4 is 5.56 Å². The van der Waals surface area contributed by atoms with Crippen LogP contribution in [0.4, 0.5) is 0 Å². The number of carboxylic acid groups (broad SMARTS) is 1. The number of aromatic nitrogens is 2. The van der Waals surface area contributed by atoms with Crippen LogP contribution in [0.3, 0.4) is 0 Å². The van der Waals surface area contributed by atoms with Crippen LogP contribution in [0.1, 0.15) is 5.69 Å². The second-order valence-electron chi connectivity index (χ2n) is 3.21. The van der Waals surface area contributed by atoms with Crippen LogP contribution in [0.25, 0.3) is 5.65 Å². The van der Waals surface area contributed by atoms with Crippen LogP contribution in [0.2, 0.25) is 0 Å². The van der Waals surface area contributed by atoms with E-state index in [2.05, 4.69) is 20.9 Å². The predicted molar refractivity (Wildman–Crippen MR) is 60.5 cm³/mol. The van der Waals surface area contributed by atoms with E-state index >= 15 is 0 Å². The molecule has 0 bridgehead atoms. The molecule has 2 heterocycles. The summed E-state index contributed by atoms with van der Waals surface area (Å²) in [5.41, 5.74) is 0.387. The Balaban J connectivity index is 2.70. The van der Waals surface area contributed by atoms with E-state index in [0.717, 1.165) is 0 Å². The molecular weight excluding hydrogens is 276 g/mol. The molecule has 0 radical (unpaired) electrons. The van der Waals surface area contributed by atoms with Gasteiger partial charge in [0.05, 0.1) is 16.6 Å². The average molecular weight is 283 g/mol. The molecule has 0 saturated heterocycles. The summed E-state index contributed by atoms with van der Waals surface area (Å²) in [6.07, 6.45) is 1.33. The summed E-state index contributed by atoms with van der Waals surface area (Å²) in [5.74, 6) is -1.01. The summed E-state index contributed by atoms with van der Waals surface area (Å²) in [7, 11) is 0. The van der Waals surface area contributed by atoms with Gasteiger partial charge >= 0.3 is 5.97 Å². The zero-order valence-electron chi connectivity index (χ0n) is 8.05. The van der Waals surface area contributed by atoms with Gasteiger partial charge in [0, 0.05) is 12.3 Å². The number of hydrogen-bond acceptors (Lipinski definition) is 3. The third-order valence-corrected chi connectivity index (χ3v) is 2.65. The van der Waals surface area contributed by atoms with Crippen molar-refractivity contribution in [2.24, 2.45) is 0 Å². The fourth-order valence-electron chi connectivity index (χ4n) is 1.38. The van der Waals surface area contributed by atoms with Crippen LogP contribution in [0, 0.1) is 0 Å². The van der Waals surface area contributed by atoms with Gasteiger partial charge in [-0.1, -0.05) is 0 Å². The standard InChI is InChI=1S/C10H7BrN2O3/c11-7-2-1-3-13-8(14)4-6(5-9(15)16)12-10(7)13/h1-4H,5H2,(H,15,16). The van der Waals surface area contributed by atoms with Gasteiger partial charge in [0.15, 0.2) is 5.65 Å². The van der Waals surface area contributed by atoms with E-state index in [1.165, 1.54) is 10.5 Å². The molecule has 2 aromatic heterocycles. The normalized spacial score (nSPS) is 10.6. The molecule has 2 rings (SSSR count). The fraction of sp³-hybridized carbons (Fsp3) is 0.100. The Morgan fingerprint density at radius 1 is 1.56 bits per heavy atom. The second kappa shape index (κ2) is 4.05. The zero-order valence-corrected chi connectivity index (χ0v) is 9.64. The Bertz CT molecular complexity index is 621. The van der Waals surface area contributed by atoms with E-state index in [-0.39, 0.29) is 17.7 Å². The number of aliphatic carboxylic acids is 1. The van der Waals surface area contributed by atoms with Gasteiger partial charge in [0.25, 0.3) is 5.56 Å². The van der Waals surface area contributed by atoms with E-state index in [0.29, 0.717) is 10.1 Å². The number of hydrogen-bond donors (Lipinski definition) is 1. The minimum absolute atomic E-state index is 0.254. The van der Waals surface area contributed by atoms with E-state index in [1.807, 2.05) is 0 Å². The van der Waals surface area contributed by atoms with Gasteiger partial charge in [-0.05, 0) is 28.1 Å². The Kier molecular flexibility index (Phi) is 2.74. The summed E-state index contributed by atoms with van der Waals surface area (Å²) >= 11 is 3.26. The van der Waals surface area contributed by atoms with Crippen molar-refractivity contribution in [3.8, 4) is 0 Å². The summed E-state index contributed by atoms with van der Waals surface area (Å²) in [6.45, 7) is 0. The van der Waals surface area contributed by atoms with Gasteiger partial charge in [-0.3, -0.25) is 14.0 Å². The number of pyridine rings is 1. The number of nitrogens with zero attached hydrogens (tertiary/aromatic N) is 2. The van der Waals surface area contributed by atoms with Gasteiger partial charge in [0.2, 0.25) is 0 Å². The minimum Gasteiger partial charge on any atom is -0.481 e. The maximum absolute atomic E-state index is 11.6. The first-order valence-electron chi connectivity index (χ1n) is 4.46. The highest BCUT2D eigenvalue weighted by atomic mass is 79.9. The highest BCUT2D eigenvalue weighted by Gasteiger charge is 2.07. The second-order valence-corrected chi connectivity index (χ2v) is 4.06. The number of halogens is 1. The molecule has 82 valence electrons. The molecule has 16 heavy (non-hydrogen) atoms. The lowest BCUT2D eigenvalue weighted by atomic mass is 10.3. The van der Waals surface area contributed by atoms with Crippen LogP contribution in [-0.4, -0.2) is 20.5 Å². The van der Waals surface area contributed by atoms with Crippen molar-refractivity contribution in [3.05, 3.63) is 44.9 Å². The molecule has 1 N–H and O–H groups in total. The zero-order chi connectivity index (χ0) is 11.7. The van der Waals surface area contributed by atoms with Gasteiger partial charge < -0.3 is 5.11 Å². The smallest absolute Gasteiger partial charge is 0.309 e. The Morgan fingerprint density at radius 2 is 2.31 bits per heavy atom. The fourth-order valence-corrected chi connectivity index (χ4v) is 1.82. The molecule has 0 amide bonds. The third kappa shape index (κ3) is 1.96. The molecular formula is C10H7BrN2O3. The van der Waals surface area contributed by atoms with Crippen molar-refractivity contribution >= 4 is 27.5 Å². The molecule has 6 heteroatoms. The van der Waals surface area contributed by atoms with Crippen LogP contribution in [-0.2, 0) is 11.2 Å². The van der Waals surface area contributed by atoms with E-state index in [9.17, 15) is 9.59 Å². The summed E-state index contributed by atoms with van der Waals surface area (Å²) in [5, 5.41) is 8.64. The van der Waals surface area contributed by atoms with Crippen molar-refractivity contribution < 1.29 is 9.90 Å². The van der Waals surface area contributed by atoms with Crippen LogP contribution in [0.5, 0.6) is 0 Å². The molecule has 2 aromatic rings. The number of rotatable bonds is 2. The Labute approximate surface area is 98.5 Å². The van der Waals surface area contributed by atoms with Gasteiger partial charge in [-0.15, -0.1) is 0 Å². The summed E-state index contributed by atoms with van der Waals surface area (Å²) in [6, 6.07) is 4.68. The first-order valence-corrected chi connectivity index (χ1v) is 5.26. The van der Waals surface area contributed by atoms with E-state index in [1.54, 1.807) is 18.3 Å². The predicted octanol–water partition coefficient (Wildman–Crippen LogP) is 1.08. The first kappa shape index (κ1) is 10.8. The molecule has 0 spiro atoms. The van der Waals surface area contributed by atoms with Gasteiger partial charge in [0.1, 0.15) is 0 Å². The lowest BCUT2D eigenvalue weighted by molar-refractivity contribution is -0.136.